The van der Waals surface area contributed by atoms with Gasteiger partial charge in [0.15, 0.2) is 0 Å². The molecule has 0 unspecified atom stereocenters. The summed E-state index contributed by atoms with van der Waals surface area (Å²) >= 11 is 0. The Bertz CT molecular complexity index is 753. The van der Waals surface area contributed by atoms with Crippen molar-refractivity contribution in [2.75, 3.05) is 31.5 Å². The molecule has 1 fully saturated rings. The summed E-state index contributed by atoms with van der Waals surface area (Å²) in [5, 5.41) is 3.18. The molecule has 1 N–H and O–H groups in total. The van der Waals surface area contributed by atoms with Crippen molar-refractivity contribution in [1.82, 2.24) is 9.80 Å². The molecule has 0 spiro atoms. The summed E-state index contributed by atoms with van der Waals surface area (Å²) in [6.07, 6.45) is 1.06. The fourth-order valence-electron chi connectivity index (χ4n) is 3.81. The summed E-state index contributed by atoms with van der Waals surface area (Å²) in [6.45, 7) is 11.2. The normalized spacial score (nSPS) is 17.8. The number of para-hydroxylation sites is 1. The molecule has 28 heavy (non-hydrogen) atoms. The van der Waals surface area contributed by atoms with Gasteiger partial charge in [-0.25, -0.2) is 0 Å². The van der Waals surface area contributed by atoms with Crippen LogP contribution in [0.25, 0.3) is 0 Å². The molecule has 1 saturated heterocycles. The lowest BCUT2D eigenvalue weighted by atomic mass is 9.97. The molecule has 3 rings (SSSR count). The lowest BCUT2D eigenvalue weighted by molar-refractivity contribution is -0.121. The average molecular weight is 380 g/mol. The molecule has 150 valence electrons. The molecule has 0 saturated carbocycles. The number of hydrogen-bond acceptors (Lipinski definition) is 3. The molecule has 0 radical (unpaired) electrons. The van der Waals surface area contributed by atoms with E-state index in [1.54, 1.807) is 0 Å². The zero-order valence-electron chi connectivity index (χ0n) is 17.4. The van der Waals surface area contributed by atoms with Crippen LogP contribution in [0.5, 0.6) is 0 Å². The third kappa shape index (κ3) is 5.21. The fourth-order valence-corrected chi connectivity index (χ4v) is 3.81. The second-order valence-electron chi connectivity index (χ2n) is 7.86. The predicted octanol–water partition coefficient (Wildman–Crippen LogP) is 4.34. The van der Waals surface area contributed by atoms with Crippen LogP contribution in [0.4, 0.5) is 5.69 Å². The molecule has 1 aliphatic heterocycles. The largest absolute Gasteiger partial charge is 0.324 e. The van der Waals surface area contributed by atoms with E-state index < -0.39 is 0 Å². The molecule has 2 aromatic carbocycles. The number of rotatable bonds is 7. The van der Waals surface area contributed by atoms with Crippen molar-refractivity contribution in [1.29, 1.82) is 0 Å². The first-order chi connectivity index (χ1) is 13.6. The van der Waals surface area contributed by atoms with Gasteiger partial charge >= 0.3 is 0 Å². The highest BCUT2D eigenvalue weighted by atomic mass is 16.2. The smallest absolute Gasteiger partial charge is 0.241 e. The van der Waals surface area contributed by atoms with E-state index in [0.29, 0.717) is 5.92 Å². The van der Waals surface area contributed by atoms with Gasteiger partial charge in [0.05, 0.1) is 6.04 Å². The van der Waals surface area contributed by atoms with Gasteiger partial charge in [0.2, 0.25) is 5.91 Å². The standard InChI is InChI=1S/C24H33N3O/c1-4-19(2)22-12-8-9-13-23(22)25-24(28)20(3)27-16-14-26(15-17-27)18-21-10-6-5-7-11-21/h5-13,19-20H,4,14-18H2,1-3H3,(H,25,28)/t19-,20-/m0/s1. The zero-order chi connectivity index (χ0) is 19.9. The van der Waals surface area contributed by atoms with Gasteiger partial charge in [0, 0.05) is 38.4 Å². The highest BCUT2D eigenvalue weighted by Crippen LogP contribution is 2.26. The number of anilines is 1. The first-order valence-electron chi connectivity index (χ1n) is 10.5. The Kier molecular flexibility index (Phi) is 7.24. The first-order valence-corrected chi connectivity index (χ1v) is 10.5. The summed E-state index contributed by atoms with van der Waals surface area (Å²) in [4.78, 5) is 17.6. The Morgan fingerprint density at radius 1 is 0.964 bits per heavy atom. The van der Waals surface area contributed by atoms with Crippen LogP contribution in [0, 0.1) is 0 Å². The number of hydrogen-bond donors (Lipinski definition) is 1. The van der Waals surface area contributed by atoms with Crippen molar-refractivity contribution in [3.8, 4) is 0 Å². The summed E-state index contributed by atoms with van der Waals surface area (Å²) in [7, 11) is 0. The minimum absolute atomic E-state index is 0.0901. The molecule has 0 aromatic heterocycles. The van der Waals surface area contributed by atoms with Gasteiger partial charge in [-0.05, 0) is 36.5 Å². The minimum atomic E-state index is -0.121. The van der Waals surface area contributed by atoms with E-state index in [1.807, 2.05) is 25.1 Å². The molecule has 0 bridgehead atoms. The van der Waals surface area contributed by atoms with Gasteiger partial charge < -0.3 is 5.32 Å². The second kappa shape index (κ2) is 9.85. The number of amides is 1. The summed E-state index contributed by atoms with van der Waals surface area (Å²) in [5.74, 6) is 0.528. The molecular formula is C24H33N3O. The van der Waals surface area contributed by atoms with Gasteiger partial charge in [-0.15, -0.1) is 0 Å². The van der Waals surface area contributed by atoms with E-state index in [-0.39, 0.29) is 11.9 Å². The van der Waals surface area contributed by atoms with Crippen molar-refractivity contribution in [3.05, 3.63) is 65.7 Å². The Morgan fingerprint density at radius 2 is 1.61 bits per heavy atom. The van der Waals surface area contributed by atoms with Gasteiger partial charge in [-0.2, -0.15) is 0 Å². The number of benzene rings is 2. The average Bonchev–Trinajstić information content (AvgIpc) is 2.74. The highest BCUT2D eigenvalue weighted by molar-refractivity contribution is 5.95. The summed E-state index contributed by atoms with van der Waals surface area (Å²) in [5.41, 5.74) is 3.53. The molecule has 4 heteroatoms. The second-order valence-corrected chi connectivity index (χ2v) is 7.86. The molecule has 1 aliphatic rings. The first kappa shape index (κ1) is 20.6. The summed E-state index contributed by atoms with van der Waals surface area (Å²) in [6, 6.07) is 18.7. The van der Waals surface area contributed by atoms with E-state index >= 15 is 0 Å². The maximum Gasteiger partial charge on any atom is 0.241 e. The van der Waals surface area contributed by atoms with Crippen molar-refractivity contribution in [2.45, 2.75) is 45.7 Å². The SMILES string of the molecule is CC[C@H](C)c1ccccc1NC(=O)[C@H](C)N1CCN(Cc2ccccc2)CC1. The van der Waals surface area contributed by atoms with E-state index in [0.717, 1.165) is 44.8 Å². The molecule has 2 aromatic rings. The van der Waals surface area contributed by atoms with Gasteiger partial charge in [0.1, 0.15) is 0 Å². The lowest BCUT2D eigenvalue weighted by Gasteiger charge is -2.37. The van der Waals surface area contributed by atoms with Crippen molar-refractivity contribution in [2.24, 2.45) is 0 Å². The summed E-state index contributed by atoms with van der Waals surface area (Å²) < 4.78 is 0. The molecule has 4 nitrogen and oxygen atoms in total. The Balaban J connectivity index is 1.54. The molecular weight excluding hydrogens is 346 g/mol. The Morgan fingerprint density at radius 3 is 2.29 bits per heavy atom. The Labute approximate surface area is 169 Å². The van der Waals surface area contributed by atoms with E-state index in [9.17, 15) is 4.79 Å². The molecule has 1 amide bonds. The number of piperazine rings is 1. The number of nitrogens with zero attached hydrogens (tertiary/aromatic N) is 2. The van der Waals surface area contributed by atoms with E-state index in [1.165, 1.54) is 11.1 Å². The molecule has 1 heterocycles. The van der Waals surface area contributed by atoms with Gasteiger partial charge in [-0.1, -0.05) is 62.4 Å². The van der Waals surface area contributed by atoms with Gasteiger partial charge in [0.25, 0.3) is 0 Å². The number of nitrogens with one attached hydrogen (secondary N) is 1. The van der Waals surface area contributed by atoms with E-state index in [4.69, 9.17) is 0 Å². The van der Waals surface area contributed by atoms with Crippen LogP contribution < -0.4 is 5.32 Å². The van der Waals surface area contributed by atoms with Crippen molar-refractivity contribution >= 4 is 11.6 Å². The maximum absolute atomic E-state index is 12.9. The lowest BCUT2D eigenvalue weighted by Crippen LogP contribution is -2.52. The van der Waals surface area contributed by atoms with Crippen LogP contribution in [0.3, 0.4) is 0 Å². The highest BCUT2D eigenvalue weighted by Gasteiger charge is 2.26. The maximum atomic E-state index is 12.9. The van der Waals surface area contributed by atoms with Crippen LogP contribution in [-0.4, -0.2) is 47.9 Å². The van der Waals surface area contributed by atoms with E-state index in [2.05, 4.69) is 65.4 Å². The van der Waals surface area contributed by atoms with Crippen molar-refractivity contribution in [3.63, 3.8) is 0 Å². The van der Waals surface area contributed by atoms with Crippen LogP contribution in [0.1, 0.15) is 44.2 Å². The zero-order valence-corrected chi connectivity index (χ0v) is 17.4. The topological polar surface area (TPSA) is 35.6 Å². The van der Waals surface area contributed by atoms with Crippen LogP contribution in [0.15, 0.2) is 54.6 Å². The fraction of sp³-hybridized carbons (Fsp3) is 0.458. The quantitative estimate of drug-likeness (QED) is 0.777. The third-order valence-electron chi connectivity index (χ3n) is 5.95. The third-order valence-corrected chi connectivity index (χ3v) is 5.95. The minimum Gasteiger partial charge on any atom is -0.324 e. The van der Waals surface area contributed by atoms with Crippen LogP contribution in [0.2, 0.25) is 0 Å². The van der Waals surface area contributed by atoms with Crippen molar-refractivity contribution < 1.29 is 4.79 Å². The number of carbonyl (C=O) groups excluding carboxylic acids is 1. The molecule has 2 atom stereocenters. The number of carbonyl (C=O) groups is 1. The van der Waals surface area contributed by atoms with Gasteiger partial charge in [-0.3, -0.25) is 14.6 Å². The Hall–Kier alpha value is -2.17. The monoisotopic (exact) mass is 379 g/mol. The van der Waals surface area contributed by atoms with Crippen LogP contribution in [-0.2, 0) is 11.3 Å². The molecule has 0 aliphatic carbocycles. The predicted molar refractivity (Wildman–Crippen MR) is 117 cm³/mol. The van der Waals surface area contributed by atoms with Crippen LogP contribution >= 0.6 is 0 Å².